The van der Waals surface area contributed by atoms with Crippen LogP contribution in [-0.2, 0) is 4.79 Å². The number of nitrogens with one attached hydrogen (secondary N) is 1. The van der Waals surface area contributed by atoms with Gasteiger partial charge in [0.1, 0.15) is 11.6 Å². The second-order valence-electron chi connectivity index (χ2n) is 4.08. The maximum atomic E-state index is 13.4. The summed E-state index contributed by atoms with van der Waals surface area (Å²) < 4.78 is 18.5. The van der Waals surface area contributed by atoms with E-state index in [1.54, 1.807) is 12.3 Å². The highest BCUT2D eigenvalue weighted by Gasteiger charge is 2.12. The van der Waals surface area contributed by atoms with Crippen molar-refractivity contribution in [2.45, 2.75) is 6.92 Å². The number of anilines is 1. The van der Waals surface area contributed by atoms with Crippen molar-refractivity contribution in [3.63, 3.8) is 0 Å². The van der Waals surface area contributed by atoms with E-state index in [-0.39, 0.29) is 12.4 Å². The topological polar surface area (TPSA) is 88.5 Å². The number of ether oxygens (including phenoxy) is 1. The zero-order chi connectivity index (χ0) is 15.4. The first-order valence-electron chi connectivity index (χ1n) is 5.83. The predicted molar refractivity (Wildman–Crippen MR) is 74.3 cm³/mol. The second-order valence-corrected chi connectivity index (χ2v) is 4.94. The number of aromatic carboxylic acids is 1. The molecule has 0 radical (unpaired) electrons. The highest BCUT2D eigenvalue weighted by Crippen LogP contribution is 2.17. The Morgan fingerprint density at radius 1 is 1.48 bits per heavy atom. The maximum Gasteiger partial charge on any atom is 0.338 e. The standard InChI is InChI=1S/C13H11FN2O4S/c1-7-6-21-13(15-7)16-11(17)5-20-8-2-3-9(12(18)19)10(14)4-8/h2-4,6H,5H2,1H3,(H,18,19)(H,15,16,17). The Hall–Kier alpha value is -2.48. The molecule has 1 aromatic heterocycles. The van der Waals surface area contributed by atoms with Crippen molar-refractivity contribution in [2.24, 2.45) is 0 Å². The molecule has 2 N–H and O–H groups in total. The fourth-order valence-corrected chi connectivity index (χ4v) is 2.18. The monoisotopic (exact) mass is 310 g/mol. The Morgan fingerprint density at radius 3 is 2.81 bits per heavy atom. The minimum absolute atomic E-state index is 0.0722. The fourth-order valence-electron chi connectivity index (χ4n) is 1.47. The van der Waals surface area contributed by atoms with Crippen LogP contribution in [0.3, 0.4) is 0 Å². The Morgan fingerprint density at radius 2 is 2.24 bits per heavy atom. The lowest BCUT2D eigenvalue weighted by Crippen LogP contribution is -2.20. The summed E-state index contributed by atoms with van der Waals surface area (Å²) >= 11 is 1.28. The van der Waals surface area contributed by atoms with Gasteiger partial charge in [0.15, 0.2) is 11.7 Å². The molecule has 0 fully saturated rings. The molecule has 8 heteroatoms. The van der Waals surface area contributed by atoms with Crippen LogP contribution in [0.2, 0.25) is 0 Å². The number of aryl methyl sites for hydroxylation is 1. The van der Waals surface area contributed by atoms with Gasteiger partial charge in [-0.2, -0.15) is 0 Å². The van der Waals surface area contributed by atoms with E-state index in [4.69, 9.17) is 9.84 Å². The number of aromatic nitrogens is 1. The minimum Gasteiger partial charge on any atom is -0.484 e. The van der Waals surface area contributed by atoms with Gasteiger partial charge in [0.2, 0.25) is 0 Å². The third-order valence-corrected chi connectivity index (χ3v) is 3.28. The van der Waals surface area contributed by atoms with Gasteiger partial charge < -0.3 is 9.84 Å². The second kappa shape index (κ2) is 6.31. The zero-order valence-corrected chi connectivity index (χ0v) is 11.7. The summed E-state index contributed by atoms with van der Waals surface area (Å²) in [4.78, 5) is 26.3. The fraction of sp³-hybridized carbons (Fsp3) is 0.154. The van der Waals surface area contributed by atoms with E-state index in [9.17, 15) is 14.0 Å². The van der Waals surface area contributed by atoms with Gasteiger partial charge in [0.05, 0.1) is 11.3 Å². The number of nitrogens with zero attached hydrogens (tertiary/aromatic N) is 1. The normalized spacial score (nSPS) is 10.2. The number of carbonyl (C=O) groups is 2. The molecule has 0 atom stereocenters. The molecule has 0 saturated heterocycles. The van der Waals surface area contributed by atoms with E-state index in [1.807, 2.05) is 0 Å². The number of carbonyl (C=O) groups excluding carboxylic acids is 1. The number of hydrogen-bond donors (Lipinski definition) is 2. The van der Waals surface area contributed by atoms with Crippen molar-refractivity contribution >= 4 is 28.3 Å². The lowest BCUT2D eigenvalue weighted by molar-refractivity contribution is -0.118. The minimum atomic E-state index is -1.36. The first-order chi connectivity index (χ1) is 9.95. The number of amides is 1. The maximum absolute atomic E-state index is 13.4. The molecule has 1 heterocycles. The molecule has 6 nitrogen and oxygen atoms in total. The van der Waals surface area contributed by atoms with E-state index in [2.05, 4.69) is 10.3 Å². The molecule has 0 aliphatic heterocycles. The molecule has 0 aliphatic rings. The largest absolute Gasteiger partial charge is 0.484 e. The average molecular weight is 310 g/mol. The molecule has 0 bridgehead atoms. The smallest absolute Gasteiger partial charge is 0.338 e. The zero-order valence-electron chi connectivity index (χ0n) is 10.9. The van der Waals surface area contributed by atoms with E-state index < -0.39 is 23.3 Å². The number of halogens is 1. The quantitative estimate of drug-likeness (QED) is 0.884. The molecular weight excluding hydrogens is 299 g/mol. The van der Waals surface area contributed by atoms with Gasteiger partial charge in [-0.25, -0.2) is 14.2 Å². The number of benzene rings is 1. The van der Waals surface area contributed by atoms with Crippen LogP contribution in [0.5, 0.6) is 5.75 Å². The van der Waals surface area contributed by atoms with Gasteiger partial charge in [-0.05, 0) is 19.1 Å². The van der Waals surface area contributed by atoms with Crippen molar-refractivity contribution in [3.05, 3.63) is 40.7 Å². The van der Waals surface area contributed by atoms with Gasteiger partial charge in [-0.1, -0.05) is 0 Å². The van der Waals surface area contributed by atoms with Crippen LogP contribution in [0.1, 0.15) is 16.1 Å². The molecule has 1 amide bonds. The third kappa shape index (κ3) is 3.99. The molecule has 0 aliphatic carbocycles. The summed E-state index contributed by atoms with van der Waals surface area (Å²) in [6.07, 6.45) is 0. The summed E-state index contributed by atoms with van der Waals surface area (Å²) in [5, 5.41) is 13.5. The van der Waals surface area contributed by atoms with Crippen molar-refractivity contribution in [1.82, 2.24) is 4.98 Å². The highest BCUT2D eigenvalue weighted by atomic mass is 32.1. The average Bonchev–Trinajstić information content (AvgIpc) is 2.81. The summed E-state index contributed by atoms with van der Waals surface area (Å²) in [5.41, 5.74) is 0.340. The Kier molecular flexibility index (Phi) is 4.49. The van der Waals surface area contributed by atoms with Crippen molar-refractivity contribution < 1.29 is 23.8 Å². The highest BCUT2D eigenvalue weighted by molar-refractivity contribution is 7.13. The van der Waals surface area contributed by atoms with Gasteiger partial charge >= 0.3 is 5.97 Å². The molecule has 0 saturated carbocycles. The van der Waals surface area contributed by atoms with Gasteiger partial charge in [-0.15, -0.1) is 11.3 Å². The van der Waals surface area contributed by atoms with Crippen LogP contribution < -0.4 is 10.1 Å². The molecular formula is C13H11FN2O4S. The number of rotatable bonds is 5. The molecule has 21 heavy (non-hydrogen) atoms. The lowest BCUT2D eigenvalue weighted by Gasteiger charge is -2.06. The molecule has 2 rings (SSSR count). The number of carboxylic acids is 1. The summed E-state index contributed by atoms with van der Waals surface area (Å²) in [5.74, 6) is -2.65. The molecule has 1 aromatic carbocycles. The summed E-state index contributed by atoms with van der Waals surface area (Å²) in [7, 11) is 0. The molecule has 110 valence electrons. The first kappa shape index (κ1) is 14.9. The number of thiazole rings is 1. The van der Waals surface area contributed by atoms with Crippen LogP contribution in [0.25, 0.3) is 0 Å². The third-order valence-electron chi connectivity index (χ3n) is 2.41. The first-order valence-corrected chi connectivity index (χ1v) is 6.71. The lowest BCUT2D eigenvalue weighted by atomic mass is 10.2. The Balaban J connectivity index is 1.92. The van der Waals surface area contributed by atoms with Gasteiger partial charge in [-0.3, -0.25) is 10.1 Å². The van der Waals surface area contributed by atoms with Gasteiger partial charge in [0.25, 0.3) is 5.91 Å². The van der Waals surface area contributed by atoms with Crippen LogP contribution in [0.15, 0.2) is 23.6 Å². The molecule has 2 aromatic rings. The predicted octanol–water partition coefficient (Wildman–Crippen LogP) is 2.31. The van der Waals surface area contributed by atoms with E-state index >= 15 is 0 Å². The Bertz CT molecular complexity index is 687. The van der Waals surface area contributed by atoms with Crippen molar-refractivity contribution in [1.29, 1.82) is 0 Å². The van der Waals surface area contributed by atoms with Crippen LogP contribution >= 0.6 is 11.3 Å². The Labute approximate surface area is 123 Å². The molecule has 0 spiro atoms. The number of carboxylic acid groups (broad SMARTS) is 1. The number of hydrogen-bond acceptors (Lipinski definition) is 5. The van der Waals surface area contributed by atoms with Crippen LogP contribution in [0, 0.1) is 12.7 Å². The van der Waals surface area contributed by atoms with Crippen LogP contribution in [-0.4, -0.2) is 28.6 Å². The van der Waals surface area contributed by atoms with Gasteiger partial charge in [0, 0.05) is 11.4 Å². The summed E-state index contributed by atoms with van der Waals surface area (Å²) in [6.45, 7) is 1.47. The molecule has 0 unspecified atom stereocenters. The summed E-state index contributed by atoms with van der Waals surface area (Å²) in [6, 6.07) is 3.28. The van der Waals surface area contributed by atoms with Crippen molar-refractivity contribution in [2.75, 3.05) is 11.9 Å². The van der Waals surface area contributed by atoms with Crippen LogP contribution in [0.4, 0.5) is 9.52 Å². The SMILES string of the molecule is Cc1csc(NC(=O)COc2ccc(C(=O)O)c(F)c2)n1. The van der Waals surface area contributed by atoms with Crippen molar-refractivity contribution in [3.8, 4) is 5.75 Å². The van der Waals surface area contributed by atoms with E-state index in [0.717, 1.165) is 17.8 Å². The van der Waals surface area contributed by atoms with E-state index in [0.29, 0.717) is 5.13 Å². The van der Waals surface area contributed by atoms with E-state index in [1.165, 1.54) is 17.4 Å².